The van der Waals surface area contributed by atoms with E-state index in [9.17, 15) is 14.3 Å². The van der Waals surface area contributed by atoms with Crippen LogP contribution in [0.1, 0.15) is 25.5 Å². The molecule has 2 N–H and O–H groups in total. The van der Waals surface area contributed by atoms with Crippen molar-refractivity contribution < 1.29 is 24.1 Å². The molecule has 0 heterocycles. The Labute approximate surface area is 92.3 Å². The Morgan fingerprint density at radius 3 is 2.50 bits per heavy atom. The van der Waals surface area contributed by atoms with E-state index in [1.54, 1.807) is 0 Å². The lowest BCUT2D eigenvalue weighted by Gasteiger charge is -2.12. The van der Waals surface area contributed by atoms with Gasteiger partial charge in [0.25, 0.3) is 0 Å². The number of ether oxygens (including phenoxy) is 1. The van der Waals surface area contributed by atoms with Crippen LogP contribution in [0.3, 0.4) is 0 Å². The van der Waals surface area contributed by atoms with Crippen molar-refractivity contribution in [3.05, 3.63) is 29.6 Å². The van der Waals surface area contributed by atoms with E-state index in [2.05, 4.69) is 0 Å². The maximum Gasteiger partial charge on any atom is 0.344 e. The highest BCUT2D eigenvalue weighted by molar-refractivity contribution is 5.72. The highest BCUT2D eigenvalue weighted by Gasteiger charge is 2.14. The predicted molar refractivity (Wildman–Crippen MR) is 54.8 cm³/mol. The SMILES string of the molecule is CC(Oc1ccc(C(C)O)c(F)c1)C(=O)O. The molecular weight excluding hydrogens is 215 g/mol. The summed E-state index contributed by atoms with van der Waals surface area (Å²) in [5.74, 6) is -1.62. The van der Waals surface area contributed by atoms with Gasteiger partial charge in [-0.3, -0.25) is 0 Å². The molecule has 0 spiro atoms. The largest absolute Gasteiger partial charge is 0.479 e. The molecule has 0 fully saturated rings. The molecule has 2 unspecified atom stereocenters. The van der Waals surface area contributed by atoms with Crippen LogP contribution in [-0.2, 0) is 4.79 Å². The Morgan fingerprint density at radius 1 is 1.44 bits per heavy atom. The fourth-order valence-electron chi connectivity index (χ4n) is 1.17. The van der Waals surface area contributed by atoms with Crippen LogP contribution in [0.4, 0.5) is 4.39 Å². The fraction of sp³-hybridized carbons (Fsp3) is 0.364. The maximum atomic E-state index is 13.4. The summed E-state index contributed by atoms with van der Waals surface area (Å²) < 4.78 is 18.3. The van der Waals surface area contributed by atoms with Crippen LogP contribution < -0.4 is 4.74 Å². The summed E-state index contributed by atoms with van der Waals surface area (Å²) >= 11 is 0. The molecule has 1 aromatic rings. The van der Waals surface area contributed by atoms with Crippen molar-refractivity contribution in [3.8, 4) is 5.75 Å². The zero-order chi connectivity index (χ0) is 12.3. The predicted octanol–water partition coefficient (Wildman–Crippen LogP) is 1.73. The molecule has 0 amide bonds. The summed E-state index contributed by atoms with van der Waals surface area (Å²) in [5, 5.41) is 17.8. The number of carbonyl (C=O) groups is 1. The summed E-state index contributed by atoms with van der Waals surface area (Å²) in [5.41, 5.74) is 0.148. The van der Waals surface area contributed by atoms with Gasteiger partial charge in [-0.25, -0.2) is 9.18 Å². The molecule has 5 heteroatoms. The van der Waals surface area contributed by atoms with Gasteiger partial charge in [-0.2, -0.15) is 0 Å². The van der Waals surface area contributed by atoms with Gasteiger partial charge in [-0.05, 0) is 26.0 Å². The first-order chi connectivity index (χ1) is 7.41. The van der Waals surface area contributed by atoms with Crippen molar-refractivity contribution in [2.75, 3.05) is 0 Å². The van der Waals surface area contributed by atoms with Crippen molar-refractivity contribution in [3.63, 3.8) is 0 Å². The van der Waals surface area contributed by atoms with Gasteiger partial charge in [0.2, 0.25) is 0 Å². The lowest BCUT2D eigenvalue weighted by atomic mass is 10.1. The van der Waals surface area contributed by atoms with Gasteiger partial charge >= 0.3 is 5.97 Å². The highest BCUT2D eigenvalue weighted by Crippen LogP contribution is 2.22. The highest BCUT2D eigenvalue weighted by atomic mass is 19.1. The molecule has 4 nitrogen and oxygen atoms in total. The van der Waals surface area contributed by atoms with Crippen LogP contribution in [0.2, 0.25) is 0 Å². The number of rotatable bonds is 4. The van der Waals surface area contributed by atoms with Crippen molar-refractivity contribution in [2.24, 2.45) is 0 Å². The zero-order valence-electron chi connectivity index (χ0n) is 8.98. The Hall–Kier alpha value is -1.62. The molecule has 0 aliphatic heterocycles. The number of aliphatic hydroxyl groups is 1. The summed E-state index contributed by atoms with van der Waals surface area (Å²) in [6.07, 6.45) is -1.96. The maximum absolute atomic E-state index is 13.4. The lowest BCUT2D eigenvalue weighted by Crippen LogP contribution is -2.22. The Bertz CT molecular complexity index is 390. The van der Waals surface area contributed by atoms with E-state index in [1.807, 2.05) is 0 Å². The third-order valence-corrected chi connectivity index (χ3v) is 2.08. The molecule has 0 bridgehead atoms. The quantitative estimate of drug-likeness (QED) is 0.823. The number of aliphatic hydroxyl groups excluding tert-OH is 1. The summed E-state index contributed by atoms with van der Waals surface area (Å²) in [6, 6.07) is 3.84. The van der Waals surface area contributed by atoms with Crippen LogP contribution in [0.5, 0.6) is 5.75 Å². The number of halogens is 1. The smallest absolute Gasteiger partial charge is 0.344 e. The standard InChI is InChI=1S/C11H13FO4/c1-6(13)9-4-3-8(5-10(9)12)16-7(2)11(14)15/h3-7,13H,1-2H3,(H,14,15). The molecule has 88 valence electrons. The Balaban J connectivity index is 2.85. The second-order valence-electron chi connectivity index (χ2n) is 3.46. The summed E-state index contributed by atoms with van der Waals surface area (Å²) in [7, 11) is 0. The molecule has 0 aliphatic rings. The number of carboxylic acids is 1. The van der Waals surface area contributed by atoms with Crippen LogP contribution in [0.15, 0.2) is 18.2 Å². The van der Waals surface area contributed by atoms with E-state index in [0.29, 0.717) is 0 Å². The monoisotopic (exact) mass is 228 g/mol. The lowest BCUT2D eigenvalue weighted by molar-refractivity contribution is -0.144. The molecule has 1 aromatic carbocycles. The van der Waals surface area contributed by atoms with Gasteiger partial charge < -0.3 is 14.9 Å². The molecule has 0 saturated heterocycles. The van der Waals surface area contributed by atoms with Crippen LogP contribution in [-0.4, -0.2) is 22.3 Å². The Morgan fingerprint density at radius 2 is 2.06 bits per heavy atom. The molecule has 1 rings (SSSR count). The first-order valence-corrected chi connectivity index (χ1v) is 4.78. The number of carboxylic acid groups (broad SMARTS) is 1. The minimum absolute atomic E-state index is 0.122. The van der Waals surface area contributed by atoms with Crippen LogP contribution in [0.25, 0.3) is 0 Å². The molecule has 0 aliphatic carbocycles. The first-order valence-electron chi connectivity index (χ1n) is 4.78. The minimum Gasteiger partial charge on any atom is -0.479 e. The van der Waals surface area contributed by atoms with Crippen molar-refractivity contribution in [1.29, 1.82) is 0 Å². The minimum atomic E-state index is -1.12. The van der Waals surface area contributed by atoms with E-state index >= 15 is 0 Å². The molecular formula is C11H13FO4. The topological polar surface area (TPSA) is 66.8 Å². The van der Waals surface area contributed by atoms with Gasteiger partial charge in [-0.1, -0.05) is 0 Å². The van der Waals surface area contributed by atoms with Gasteiger partial charge in [0.1, 0.15) is 11.6 Å². The van der Waals surface area contributed by atoms with Crippen molar-refractivity contribution >= 4 is 5.97 Å². The normalized spacial score (nSPS) is 14.2. The summed E-state index contributed by atoms with van der Waals surface area (Å²) in [6.45, 7) is 2.79. The van der Waals surface area contributed by atoms with Crippen LogP contribution in [0, 0.1) is 5.82 Å². The van der Waals surface area contributed by atoms with Gasteiger partial charge in [-0.15, -0.1) is 0 Å². The van der Waals surface area contributed by atoms with E-state index in [-0.39, 0.29) is 11.3 Å². The second-order valence-corrected chi connectivity index (χ2v) is 3.46. The van der Waals surface area contributed by atoms with E-state index < -0.39 is 24.0 Å². The summed E-state index contributed by atoms with van der Waals surface area (Å²) in [4.78, 5) is 10.5. The second kappa shape index (κ2) is 4.94. The third-order valence-electron chi connectivity index (χ3n) is 2.08. The first kappa shape index (κ1) is 12.4. The average Bonchev–Trinajstić information content (AvgIpc) is 2.16. The molecule has 0 aromatic heterocycles. The average molecular weight is 228 g/mol. The van der Waals surface area contributed by atoms with Gasteiger partial charge in [0, 0.05) is 11.6 Å². The van der Waals surface area contributed by atoms with Gasteiger partial charge in [0.05, 0.1) is 6.10 Å². The molecule has 2 atom stereocenters. The van der Waals surface area contributed by atoms with E-state index in [0.717, 1.165) is 6.07 Å². The number of aliphatic carboxylic acids is 1. The van der Waals surface area contributed by atoms with Crippen molar-refractivity contribution in [2.45, 2.75) is 26.1 Å². The van der Waals surface area contributed by atoms with E-state index in [1.165, 1.54) is 26.0 Å². The number of hydrogen-bond donors (Lipinski definition) is 2. The van der Waals surface area contributed by atoms with Crippen molar-refractivity contribution in [1.82, 2.24) is 0 Å². The third kappa shape index (κ3) is 2.93. The fourth-order valence-corrected chi connectivity index (χ4v) is 1.17. The van der Waals surface area contributed by atoms with Crippen LogP contribution >= 0.6 is 0 Å². The van der Waals surface area contributed by atoms with Gasteiger partial charge in [0.15, 0.2) is 6.10 Å². The number of hydrogen-bond acceptors (Lipinski definition) is 3. The Kier molecular flexibility index (Phi) is 3.84. The zero-order valence-corrected chi connectivity index (χ0v) is 8.98. The molecule has 0 radical (unpaired) electrons. The van der Waals surface area contributed by atoms with E-state index in [4.69, 9.17) is 9.84 Å². The molecule has 0 saturated carbocycles. The number of benzene rings is 1. The molecule has 16 heavy (non-hydrogen) atoms.